The molecule has 2 heterocycles. The molecule has 0 saturated carbocycles. The predicted molar refractivity (Wildman–Crippen MR) is 144 cm³/mol. The van der Waals surface area contributed by atoms with E-state index >= 15 is 0 Å². The second-order valence-electron chi connectivity index (χ2n) is 8.73. The zero-order chi connectivity index (χ0) is 24.9. The summed E-state index contributed by atoms with van der Waals surface area (Å²) in [7, 11) is 0. The summed E-state index contributed by atoms with van der Waals surface area (Å²) >= 11 is 1.61. The highest BCUT2D eigenvalue weighted by Crippen LogP contribution is 2.34. The standard InChI is InChI=1S/C29H29N3O3S/c1-3-34-24-14-12-23(13-15-24)30-29-32(20(2)9-10-21-7-5-4-6-8-21)26(19-36-29)22-11-16-27-25(17-22)31-28(33)18-35-27/h4-8,11-17,19-20H,3,9-10,18H2,1-2H3,(H,31,33). The first-order chi connectivity index (χ1) is 17.6. The molecule has 1 unspecified atom stereocenters. The summed E-state index contributed by atoms with van der Waals surface area (Å²) in [5.41, 5.74) is 4.97. The van der Waals surface area contributed by atoms with Gasteiger partial charge in [0.05, 0.1) is 23.7 Å². The maximum absolute atomic E-state index is 11.9. The van der Waals surface area contributed by atoms with Gasteiger partial charge in [0.25, 0.3) is 5.91 Å². The SMILES string of the molecule is CCOc1ccc(N=c2scc(-c3ccc4c(c3)NC(=O)CO4)n2C(C)CCc2ccccc2)cc1. The van der Waals surface area contributed by atoms with Crippen molar-refractivity contribution in [1.82, 2.24) is 4.57 Å². The third-order valence-corrected chi connectivity index (χ3v) is 7.00. The van der Waals surface area contributed by atoms with Crippen molar-refractivity contribution in [3.05, 3.63) is 88.5 Å². The van der Waals surface area contributed by atoms with Gasteiger partial charge in [0.1, 0.15) is 11.5 Å². The molecule has 7 heteroatoms. The van der Waals surface area contributed by atoms with Gasteiger partial charge in [-0.15, -0.1) is 11.3 Å². The summed E-state index contributed by atoms with van der Waals surface area (Å²) in [4.78, 5) is 17.8. The van der Waals surface area contributed by atoms with Crippen molar-refractivity contribution < 1.29 is 14.3 Å². The van der Waals surface area contributed by atoms with Gasteiger partial charge in [-0.1, -0.05) is 30.3 Å². The molecule has 4 aromatic rings. The molecule has 0 bridgehead atoms. The van der Waals surface area contributed by atoms with E-state index in [2.05, 4.69) is 46.5 Å². The number of fused-ring (bicyclic) bond motifs is 1. The molecule has 0 spiro atoms. The number of hydrogen-bond donors (Lipinski definition) is 1. The van der Waals surface area contributed by atoms with Gasteiger partial charge < -0.3 is 19.4 Å². The number of rotatable bonds is 8. The number of thiazole rings is 1. The number of aryl methyl sites for hydroxylation is 1. The maximum atomic E-state index is 11.9. The van der Waals surface area contributed by atoms with Crippen LogP contribution in [0.15, 0.2) is 83.2 Å². The molecule has 5 rings (SSSR count). The molecule has 36 heavy (non-hydrogen) atoms. The van der Waals surface area contributed by atoms with Crippen molar-refractivity contribution in [3.63, 3.8) is 0 Å². The molecule has 1 N–H and O–H groups in total. The molecule has 0 radical (unpaired) electrons. The Bertz CT molecular complexity index is 1410. The molecule has 1 amide bonds. The second kappa shape index (κ2) is 10.8. The van der Waals surface area contributed by atoms with E-state index in [9.17, 15) is 4.79 Å². The maximum Gasteiger partial charge on any atom is 0.262 e. The van der Waals surface area contributed by atoms with E-state index in [0.717, 1.165) is 40.3 Å². The van der Waals surface area contributed by atoms with E-state index in [-0.39, 0.29) is 18.6 Å². The Morgan fingerprint density at radius 2 is 1.92 bits per heavy atom. The quantitative estimate of drug-likeness (QED) is 0.306. The van der Waals surface area contributed by atoms with Crippen LogP contribution in [0.4, 0.5) is 11.4 Å². The molecule has 1 atom stereocenters. The Balaban J connectivity index is 1.53. The molecule has 0 fully saturated rings. The molecule has 3 aromatic carbocycles. The molecular formula is C29H29N3O3S. The fourth-order valence-electron chi connectivity index (χ4n) is 4.32. The summed E-state index contributed by atoms with van der Waals surface area (Å²) in [6, 6.07) is 24.6. The highest BCUT2D eigenvalue weighted by molar-refractivity contribution is 7.07. The lowest BCUT2D eigenvalue weighted by atomic mass is 10.0. The van der Waals surface area contributed by atoms with Gasteiger partial charge in [0.2, 0.25) is 0 Å². The summed E-state index contributed by atoms with van der Waals surface area (Å²) in [5, 5.41) is 5.06. The fourth-order valence-corrected chi connectivity index (χ4v) is 5.34. The number of ether oxygens (including phenoxy) is 2. The number of carbonyl (C=O) groups is 1. The third kappa shape index (κ3) is 5.36. The Labute approximate surface area is 214 Å². The Hall–Kier alpha value is -3.84. The lowest BCUT2D eigenvalue weighted by Crippen LogP contribution is -2.25. The van der Waals surface area contributed by atoms with E-state index in [4.69, 9.17) is 14.5 Å². The molecule has 1 aliphatic heterocycles. The second-order valence-corrected chi connectivity index (χ2v) is 9.57. The van der Waals surface area contributed by atoms with Crippen LogP contribution in [-0.4, -0.2) is 23.7 Å². The van der Waals surface area contributed by atoms with Gasteiger partial charge in [-0.05, 0) is 74.7 Å². The minimum absolute atomic E-state index is 0.0480. The number of carbonyl (C=O) groups excluding carboxylic acids is 1. The van der Waals surface area contributed by atoms with Crippen molar-refractivity contribution in [2.75, 3.05) is 18.5 Å². The third-order valence-electron chi connectivity index (χ3n) is 6.16. The van der Waals surface area contributed by atoms with Crippen LogP contribution in [-0.2, 0) is 11.2 Å². The first-order valence-corrected chi connectivity index (χ1v) is 13.1. The van der Waals surface area contributed by atoms with Crippen LogP contribution in [0.1, 0.15) is 31.9 Å². The zero-order valence-corrected chi connectivity index (χ0v) is 21.3. The van der Waals surface area contributed by atoms with E-state index < -0.39 is 0 Å². The highest BCUT2D eigenvalue weighted by atomic mass is 32.1. The van der Waals surface area contributed by atoms with E-state index in [1.165, 1.54) is 5.56 Å². The minimum atomic E-state index is -0.139. The number of nitrogens with one attached hydrogen (secondary N) is 1. The first kappa shape index (κ1) is 23.9. The van der Waals surface area contributed by atoms with Crippen LogP contribution in [0.3, 0.4) is 0 Å². The number of nitrogens with zero attached hydrogens (tertiary/aromatic N) is 2. The van der Waals surface area contributed by atoms with Crippen LogP contribution in [0.5, 0.6) is 11.5 Å². The van der Waals surface area contributed by atoms with Crippen LogP contribution < -0.4 is 19.6 Å². The smallest absolute Gasteiger partial charge is 0.262 e. The topological polar surface area (TPSA) is 64.8 Å². The Morgan fingerprint density at radius 1 is 1.11 bits per heavy atom. The number of hydrogen-bond acceptors (Lipinski definition) is 5. The summed E-state index contributed by atoms with van der Waals surface area (Å²) < 4.78 is 13.4. The van der Waals surface area contributed by atoms with Crippen molar-refractivity contribution in [2.45, 2.75) is 32.7 Å². The molecular weight excluding hydrogens is 470 g/mol. The fraction of sp³-hybridized carbons (Fsp3) is 0.241. The average molecular weight is 500 g/mol. The largest absolute Gasteiger partial charge is 0.494 e. The summed E-state index contributed by atoms with van der Waals surface area (Å²) in [6.07, 6.45) is 1.94. The lowest BCUT2D eigenvalue weighted by Gasteiger charge is -2.21. The number of benzene rings is 3. The Kier molecular flexibility index (Phi) is 7.18. The minimum Gasteiger partial charge on any atom is -0.494 e. The van der Waals surface area contributed by atoms with Gasteiger partial charge in [-0.25, -0.2) is 4.99 Å². The zero-order valence-electron chi connectivity index (χ0n) is 20.4. The lowest BCUT2D eigenvalue weighted by molar-refractivity contribution is -0.118. The van der Waals surface area contributed by atoms with E-state index in [0.29, 0.717) is 18.0 Å². The number of aromatic nitrogens is 1. The van der Waals surface area contributed by atoms with Crippen molar-refractivity contribution in [3.8, 4) is 22.8 Å². The Morgan fingerprint density at radius 3 is 2.69 bits per heavy atom. The van der Waals surface area contributed by atoms with Crippen LogP contribution in [0.2, 0.25) is 0 Å². The number of amides is 1. The van der Waals surface area contributed by atoms with Crippen molar-refractivity contribution in [2.24, 2.45) is 4.99 Å². The highest BCUT2D eigenvalue weighted by Gasteiger charge is 2.19. The molecule has 1 aliphatic rings. The van der Waals surface area contributed by atoms with Crippen molar-refractivity contribution >= 4 is 28.6 Å². The van der Waals surface area contributed by atoms with Gasteiger partial charge in [-0.3, -0.25) is 4.79 Å². The monoisotopic (exact) mass is 499 g/mol. The van der Waals surface area contributed by atoms with E-state index in [1.54, 1.807) is 11.3 Å². The summed E-state index contributed by atoms with van der Waals surface area (Å²) in [6.45, 7) is 4.89. The van der Waals surface area contributed by atoms with E-state index in [1.807, 2.05) is 55.5 Å². The molecule has 0 aliphatic carbocycles. The molecule has 1 aromatic heterocycles. The van der Waals surface area contributed by atoms with Gasteiger partial charge in [0.15, 0.2) is 11.4 Å². The molecule has 6 nitrogen and oxygen atoms in total. The normalized spacial score (nSPS) is 14.1. The van der Waals surface area contributed by atoms with Gasteiger partial charge in [-0.2, -0.15) is 0 Å². The first-order valence-electron chi connectivity index (χ1n) is 12.2. The number of anilines is 1. The van der Waals surface area contributed by atoms with Crippen LogP contribution in [0, 0.1) is 0 Å². The average Bonchev–Trinajstić information content (AvgIpc) is 3.32. The molecule has 0 saturated heterocycles. The van der Waals surface area contributed by atoms with Gasteiger partial charge in [0, 0.05) is 17.0 Å². The predicted octanol–water partition coefficient (Wildman–Crippen LogP) is 6.37. The van der Waals surface area contributed by atoms with Gasteiger partial charge >= 0.3 is 0 Å². The summed E-state index contributed by atoms with van der Waals surface area (Å²) in [5.74, 6) is 1.39. The molecule has 184 valence electrons. The van der Waals surface area contributed by atoms with Crippen LogP contribution in [0.25, 0.3) is 11.3 Å². The van der Waals surface area contributed by atoms with Crippen molar-refractivity contribution in [1.29, 1.82) is 0 Å². The van der Waals surface area contributed by atoms with Crippen LogP contribution >= 0.6 is 11.3 Å².